The molecule has 3 unspecified atom stereocenters. The molecular weight excluding hydrogens is 202 g/mol. The van der Waals surface area contributed by atoms with Crippen LogP contribution in [-0.2, 0) is 4.79 Å². The molecule has 0 aromatic rings. The number of hydrogen-bond donors (Lipinski definition) is 1. The van der Waals surface area contributed by atoms with Gasteiger partial charge in [0.2, 0.25) is 0 Å². The maximum absolute atomic E-state index is 10.5. The highest BCUT2D eigenvalue weighted by Crippen LogP contribution is 2.61. The van der Waals surface area contributed by atoms with Crippen molar-refractivity contribution in [2.45, 2.75) is 19.2 Å². The van der Waals surface area contributed by atoms with Gasteiger partial charge in [-0.3, -0.25) is 4.79 Å². The molecule has 80 valence electrons. The number of piperidine rings is 1. The summed E-state index contributed by atoms with van der Waals surface area (Å²) in [5, 5.41) is 7.91. The van der Waals surface area contributed by atoms with Gasteiger partial charge in [0.25, 0.3) is 0 Å². The fourth-order valence-corrected chi connectivity index (χ4v) is 2.86. The molecule has 4 heteroatoms. The van der Waals surface area contributed by atoms with Crippen molar-refractivity contribution in [3.8, 4) is 0 Å². The summed E-state index contributed by atoms with van der Waals surface area (Å²) >= 11 is 5.69. The molecule has 2 aliphatic rings. The zero-order valence-corrected chi connectivity index (χ0v) is 9.29. The Morgan fingerprint density at radius 2 is 2.07 bits per heavy atom. The van der Waals surface area contributed by atoms with Crippen molar-refractivity contribution in [1.82, 2.24) is 4.90 Å². The van der Waals surface area contributed by atoms with Crippen LogP contribution in [0.4, 0.5) is 0 Å². The summed E-state index contributed by atoms with van der Waals surface area (Å²) < 4.78 is 0. The second-order valence-corrected chi connectivity index (χ2v) is 5.59. The molecule has 14 heavy (non-hydrogen) atoms. The number of hydrogen-bond acceptors (Lipinski definition) is 2. The number of carboxylic acids is 1. The minimum Gasteiger partial charge on any atom is -0.480 e. The SMILES string of the molecule is CC1(C)C2CN(CC(Cl)C(=O)O)CC21. The second-order valence-electron chi connectivity index (χ2n) is 5.06. The lowest BCUT2D eigenvalue weighted by Gasteiger charge is -2.22. The molecule has 1 aliphatic heterocycles. The number of carbonyl (C=O) groups is 1. The molecule has 1 aliphatic carbocycles. The predicted molar refractivity (Wildman–Crippen MR) is 54.5 cm³/mol. The van der Waals surface area contributed by atoms with E-state index in [1.807, 2.05) is 0 Å². The third-order valence-electron chi connectivity index (χ3n) is 3.88. The Morgan fingerprint density at radius 3 is 2.50 bits per heavy atom. The van der Waals surface area contributed by atoms with E-state index >= 15 is 0 Å². The molecule has 3 nitrogen and oxygen atoms in total. The van der Waals surface area contributed by atoms with Crippen molar-refractivity contribution < 1.29 is 9.90 Å². The molecule has 0 amide bonds. The summed E-state index contributed by atoms with van der Waals surface area (Å²) in [5.41, 5.74) is 0.488. The summed E-state index contributed by atoms with van der Waals surface area (Å²) in [4.78, 5) is 12.7. The zero-order valence-electron chi connectivity index (χ0n) is 8.53. The van der Waals surface area contributed by atoms with Gasteiger partial charge in [0.1, 0.15) is 5.38 Å². The van der Waals surface area contributed by atoms with E-state index in [2.05, 4.69) is 18.7 Å². The summed E-state index contributed by atoms with van der Waals surface area (Å²) in [5.74, 6) is 0.617. The number of likely N-dealkylation sites (tertiary alicyclic amines) is 1. The lowest BCUT2D eigenvalue weighted by atomic mass is 10.1. The van der Waals surface area contributed by atoms with Crippen LogP contribution < -0.4 is 0 Å². The maximum atomic E-state index is 10.5. The molecule has 0 bridgehead atoms. The molecular formula is C10H16ClNO2. The van der Waals surface area contributed by atoms with Crippen LogP contribution in [-0.4, -0.2) is 41.0 Å². The highest BCUT2D eigenvalue weighted by molar-refractivity contribution is 6.29. The minimum absolute atomic E-state index is 0.486. The topological polar surface area (TPSA) is 40.5 Å². The number of nitrogens with zero attached hydrogens (tertiary/aromatic N) is 1. The molecule has 0 aromatic carbocycles. The maximum Gasteiger partial charge on any atom is 0.322 e. The highest BCUT2D eigenvalue weighted by atomic mass is 35.5. The van der Waals surface area contributed by atoms with Gasteiger partial charge < -0.3 is 10.0 Å². The lowest BCUT2D eigenvalue weighted by Crippen LogP contribution is -2.35. The monoisotopic (exact) mass is 217 g/mol. The summed E-state index contributed by atoms with van der Waals surface area (Å²) in [6.07, 6.45) is 0. The molecule has 1 saturated heterocycles. The Bertz CT molecular complexity index is 253. The van der Waals surface area contributed by atoms with Gasteiger partial charge in [-0.2, -0.15) is 0 Å². The van der Waals surface area contributed by atoms with Crippen molar-refractivity contribution >= 4 is 17.6 Å². The Balaban J connectivity index is 1.81. The number of carboxylic acid groups (broad SMARTS) is 1. The fourth-order valence-electron chi connectivity index (χ4n) is 2.67. The van der Waals surface area contributed by atoms with E-state index in [1.54, 1.807) is 0 Å². The van der Waals surface area contributed by atoms with E-state index in [-0.39, 0.29) is 0 Å². The van der Waals surface area contributed by atoms with Crippen molar-refractivity contribution in [2.24, 2.45) is 17.3 Å². The van der Waals surface area contributed by atoms with Crippen LogP contribution in [0.25, 0.3) is 0 Å². The Labute approximate surface area is 89.0 Å². The number of fused-ring (bicyclic) bond motifs is 1. The summed E-state index contributed by atoms with van der Waals surface area (Å²) in [6, 6.07) is 0. The molecule has 3 atom stereocenters. The Morgan fingerprint density at radius 1 is 1.57 bits per heavy atom. The molecule has 2 fully saturated rings. The van der Waals surface area contributed by atoms with E-state index in [0.717, 1.165) is 24.9 Å². The number of halogens is 1. The first-order valence-corrected chi connectivity index (χ1v) is 5.46. The van der Waals surface area contributed by atoms with Crippen LogP contribution in [0.3, 0.4) is 0 Å². The van der Waals surface area contributed by atoms with E-state index in [4.69, 9.17) is 16.7 Å². The van der Waals surface area contributed by atoms with Gasteiger partial charge in [-0.1, -0.05) is 13.8 Å². The van der Waals surface area contributed by atoms with Gasteiger partial charge in [-0.25, -0.2) is 0 Å². The standard InChI is InChI=1S/C10H16ClNO2/c1-10(2)6-3-12(4-7(6)10)5-8(11)9(13)14/h6-8H,3-5H2,1-2H3,(H,13,14). The molecule has 1 saturated carbocycles. The van der Waals surface area contributed by atoms with E-state index in [9.17, 15) is 4.79 Å². The molecule has 0 radical (unpaired) electrons. The molecule has 1 N–H and O–H groups in total. The van der Waals surface area contributed by atoms with Crippen molar-refractivity contribution in [1.29, 1.82) is 0 Å². The molecule has 1 heterocycles. The summed E-state index contributed by atoms with van der Waals surface area (Å²) in [6.45, 7) is 7.10. The smallest absolute Gasteiger partial charge is 0.322 e. The third-order valence-corrected chi connectivity index (χ3v) is 4.21. The van der Waals surface area contributed by atoms with Crippen molar-refractivity contribution in [3.63, 3.8) is 0 Å². The lowest BCUT2D eigenvalue weighted by molar-refractivity contribution is -0.136. The van der Waals surface area contributed by atoms with E-state index in [0.29, 0.717) is 12.0 Å². The average molecular weight is 218 g/mol. The fraction of sp³-hybridized carbons (Fsp3) is 0.900. The quantitative estimate of drug-likeness (QED) is 0.724. The first-order chi connectivity index (χ1) is 6.43. The molecule has 0 aromatic heterocycles. The van der Waals surface area contributed by atoms with Crippen LogP contribution in [0.5, 0.6) is 0 Å². The van der Waals surface area contributed by atoms with Crippen molar-refractivity contribution in [2.75, 3.05) is 19.6 Å². The van der Waals surface area contributed by atoms with E-state index in [1.165, 1.54) is 0 Å². The van der Waals surface area contributed by atoms with Crippen LogP contribution >= 0.6 is 11.6 Å². The largest absolute Gasteiger partial charge is 0.480 e. The van der Waals surface area contributed by atoms with Crippen molar-refractivity contribution in [3.05, 3.63) is 0 Å². The first-order valence-electron chi connectivity index (χ1n) is 5.02. The van der Waals surface area contributed by atoms with Crippen LogP contribution in [0.1, 0.15) is 13.8 Å². The second kappa shape index (κ2) is 3.11. The normalized spacial score (nSPS) is 36.5. The van der Waals surface area contributed by atoms with Gasteiger partial charge in [-0.15, -0.1) is 11.6 Å². The number of alkyl halides is 1. The van der Waals surface area contributed by atoms with Gasteiger partial charge in [0.05, 0.1) is 0 Å². The van der Waals surface area contributed by atoms with Gasteiger partial charge >= 0.3 is 5.97 Å². The minimum atomic E-state index is -0.911. The average Bonchev–Trinajstić information content (AvgIpc) is 2.51. The first kappa shape index (κ1) is 10.2. The zero-order chi connectivity index (χ0) is 10.5. The molecule has 2 rings (SSSR count). The summed E-state index contributed by atoms with van der Waals surface area (Å²) in [7, 11) is 0. The van der Waals surface area contributed by atoms with Crippen LogP contribution in [0.2, 0.25) is 0 Å². The van der Waals surface area contributed by atoms with Crippen LogP contribution in [0.15, 0.2) is 0 Å². The number of rotatable bonds is 3. The Kier molecular flexibility index (Phi) is 2.27. The number of aliphatic carboxylic acids is 1. The van der Waals surface area contributed by atoms with Crippen LogP contribution in [0, 0.1) is 17.3 Å². The van der Waals surface area contributed by atoms with Gasteiger partial charge in [0, 0.05) is 19.6 Å². The van der Waals surface area contributed by atoms with Gasteiger partial charge in [-0.05, 0) is 17.3 Å². The predicted octanol–water partition coefficient (Wildman–Crippen LogP) is 1.27. The highest BCUT2D eigenvalue weighted by Gasteiger charge is 2.61. The van der Waals surface area contributed by atoms with E-state index < -0.39 is 11.3 Å². The third kappa shape index (κ3) is 1.52. The van der Waals surface area contributed by atoms with Gasteiger partial charge in [0.15, 0.2) is 0 Å². The molecule has 0 spiro atoms. The Hall–Kier alpha value is -0.280.